The van der Waals surface area contributed by atoms with Gasteiger partial charge in [0.15, 0.2) is 0 Å². The van der Waals surface area contributed by atoms with Crippen molar-refractivity contribution in [2.45, 2.75) is 19.4 Å². The fraction of sp³-hybridized carbons (Fsp3) is 0.455. The first-order valence-electron chi connectivity index (χ1n) is 4.89. The first-order valence-corrected chi connectivity index (χ1v) is 5.27. The molecule has 1 aliphatic heterocycles. The number of benzene rings is 1. The van der Waals surface area contributed by atoms with Crippen molar-refractivity contribution in [3.05, 3.63) is 28.8 Å². The van der Waals surface area contributed by atoms with Crippen LogP contribution in [0.2, 0.25) is 5.02 Å². The molecule has 1 aliphatic rings. The molecular weight excluding hydrogens is 198 g/mol. The van der Waals surface area contributed by atoms with Gasteiger partial charge in [-0.1, -0.05) is 17.7 Å². The minimum absolute atomic E-state index is 0.298. The number of nitrogens with one attached hydrogen (secondary N) is 1. The number of hydrogen-bond donors (Lipinski definition) is 1. The molecular formula is C11H14ClNO. The lowest BCUT2D eigenvalue weighted by molar-refractivity contribution is 0.221. The quantitative estimate of drug-likeness (QED) is 0.811. The van der Waals surface area contributed by atoms with E-state index in [1.165, 1.54) is 0 Å². The van der Waals surface area contributed by atoms with E-state index in [1.54, 1.807) is 0 Å². The summed E-state index contributed by atoms with van der Waals surface area (Å²) in [5, 5.41) is 4.00. The highest BCUT2D eigenvalue weighted by Gasteiger charge is 2.16. The molecule has 1 aromatic carbocycles. The summed E-state index contributed by atoms with van der Waals surface area (Å²) in [5.41, 5.74) is 1.14. The first-order chi connectivity index (χ1) is 6.75. The van der Waals surface area contributed by atoms with Gasteiger partial charge in [-0.3, -0.25) is 0 Å². The molecule has 1 saturated heterocycles. The lowest BCUT2D eigenvalue weighted by Gasteiger charge is -2.14. The van der Waals surface area contributed by atoms with Crippen LogP contribution in [0, 0.1) is 6.92 Å². The molecule has 2 nitrogen and oxygen atoms in total. The summed E-state index contributed by atoms with van der Waals surface area (Å²) in [6.45, 7) is 4.02. The predicted molar refractivity (Wildman–Crippen MR) is 58.1 cm³/mol. The Balaban J connectivity index is 2.10. The van der Waals surface area contributed by atoms with Crippen LogP contribution in [0.1, 0.15) is 12.0 Å². The van der Waals surface area contributed by atoms with Gasteiger partial charge in [-0.25, -0.2) is 0 Å². The topological polar surface area (TPSA) is 21.3 Å². The number of rotatable bonds is 2. The zero-order valence-corrected chi connectivity index (χ0v) is 8.97. The molecule has 2 rings (SSSR count). The van der Waals surface area contributed by atoms with E-state index < -0.39 is 0 Å². The van der Waals surface area contributed by atoms with Crippen molar-refractivity contribution in [2.75, 3.05) is 13.1 Å². The summed E-state index contributed by atoms with van der Waals surface area (Å²) in [6, 6.07) is 5.76. The van der Waals surface area contributed by atoms with Gasteiger partial charge in [0.1, 0.15) is 11.9 Å². The van der Waals surface area contributed by atoms with Crippen LogP contribution >= 0.6 is 11.6 Å². The summed E-state index contributed by atoms with van der Waals surface area (Å²) < 4.78 is 5.84. The zero-order chi connectivity index (χ0) is 9.97. The van der Waals surface area contributed by atoms with Crippen molar-refractivity contribution < 1.29 is 4.74 Å². The molecule has 1 heterocycles. The second-order valence-corrected chi connectivity index (χ2v) is 4.08. The van der Waals surface area contributed by atoms with Gasteiger partial charge in [-0.2, -0.15) is 0 Å². The Hall–Kier alpha value is -0.730. The molecule has 1 atom stereocenters. The molecule has 1 fully saturated rings. The Morgan fingerprint density at radius 1 is 1.50 bits per heavy atom. The smallest absolute Gasteiger partial charge is 0.124 e. The number of hydrogen-bond acceptors (Lipinski definition) is 2. The Kier molecular flexibility index (Phi) is 2.94. The standard InChI is InChI=1S/C11H14ClNO/c1-8-2-3-9(12)6-11(8)14-10-4-5-13-7-10/h2-3,6,10,13H,4-5,7H2,1H3/t10-/m0/s1. The molecule has 0 aliphatic carbocycles. The number of halogens is 1. The van der Waals surface area contributed by atoms with Crippen LogP contribution in [0.3, 0.4) is 0 Å². The zero-order valence-electron chi connectivity index (χ0n) is 8.22. The van der Waals surface area contributed by atoms with Crippen molar-refractivity contribution in [3.63, 3.8) is 0 Å². The van der Waals surface area contributed by atoms with Gasteiger partial charge >= 0.3 is 0 Å². The highest BCUT2D eigenvalue weighted by molar-refractivity contribution is 6.30. The van der Waals surface area contributed by atoms with Crippen molar-refractivity contribution in [1.29, 1.82) is 0 Å². The summed E-state index contributed by atoms with van der Waals surface area (Å²) in [4.78, 5) is 0. The molecule has 0 amide bonds. The van der Waals surface area contributed by atoms with E-state index in [0.717, 1.165) is 35.8 Å². The van der Waals surface area contributed by atoms with Crippen LogP contribution in [-0.4, -0.2) is 19.2 Å². The van der Waals surface area contributed by atoms with E-state index in [4.69, 9.17) is 16.3 Å². The number of ether oxygens (including phenoxy) is 1. The monoisotopic (exact) mass is 211 g/mol. The van der Waals surface area contributed by atoms with E-state index in [1.807, 2.05) is 25.1 Å². The van der Waals surface area contributed by atoms with Crippen LogP contribution in [0.4, 0.5) is 0 Å². The third-order valence-corrected chi connectivity index (χ3v) is 2.69. The first kappa shape index (κ1) is 9.81. The summed E-state index contributed by atoms with van der Waals surface area (Å²) in [6.07, 6.45) is 1.37. The second kappa shape index (κ2) is 4.20. The Morgan fingerprint density at radius 2 is 2.36 bits per heavy atom. The molecule has 0 saturated carbocycles. The third-order valence-electron chi connectivity index (χ3n) is 2.46. The van der Waals surface area contributed by atoms with Gasteiger partial charge in [-0.05, 0) is 37.6 Å². The molecule has 1 N–H and O–H groups in total. The highest BCUT2D eigenvalue weighted by Crippen LogP contribution is 2.24. The molecule has 0 aromatic heterocycles. The van der Waals surface area contributed by atoms with E-state index in [-0.39, 0.29) is 0 Å². The largest absolute Gasteiger partial charge is 0.489 e. The molecule has 1 aromatic rings. The lowest BCUT2D eigenvalue weighted by Crippen LogP contribution is -2.19. The van der Waals surface area contributed by atoms with Gasteiger partial charge in [-0.15, -0.1) is 0 Å². The maximum Gasteiger partial charge on any atom is 0.124 e. The van der Waals surface area contributed by atoms with E-state index in [0.29, 0.717) is 6.10 Å². The molecule has 14 heavy (non-hydrogen) atoms. The average molecular weight is 212 g/mol. The Morgan fingerprint density at radius 3 is 3.07 bits per heavy atom. The fourth-order valence-electron chi connectivity index (χ4n) is 1.61. The molecule has 0 spiro atoms. The SMILES string of the molecule is Cc1ccc(Cl)cc1O[C@H]1CCNC1. The van der Waals surface area contributed by atoms with Crippen LogP contribution in [-0.2, 0) is 0 Å². The van der Waals surface area contributed by atoms with Gasteiger partial charge in [0.25, 0.3) is 0 Å². The summed E-state index contributed by atoms with van der Waals surface area (Å²) >= 11 is 5.91. The minimum atomic E-state index is 0.298. The summed E-state index contributed by atoms with van der Waals surface area (Å²) in [5.74, 6) is 0.909. The highest BCUT2D eigenvalue weighted by atomic mass is 35.5. The van der Waals surface area contributed by atoms with E-state index >= 15 is 0 Å². The van der Waals surface area contributed by atoms with Gasteiger partial charge in [0.2, 0.25) is 0 Å². The maximum absolute atomic E-state index is 5.91. The van der Waals surface area contributed by atoms with Crippen molar-refractivity contribution >= 4 is 11.6 Å². The van der Waals surface area contributed by atoms with Gasteiger partial charge < -0.3 is 10.1 Å². The van der Waals surface area contributed by atoms with Crippen molar-refractivity contribution in [2.24, 2.45) is 0 Å². The van der Waals surface area contributed by atoms with Gasteiger partial charge in [0, 0.05) is 11.6 Å². The third kappa shape index (κ3) is 2.20. The lowest BCUT2D eigenvalue weighted by atomic mass is 10.2. The minimum Gasteiger partial charge on any atom is -0.489 e. The number of aryl methyl sites for hydroxylation is 1. The van der Waals surface area contributed by atoms with Crippen LogP contribution in [0.25, 0.3) is 0 Å². The van der Waals surface area contributed by atoms with Crippen molar-refractivity contribution in [3.8, 4) is 5.75 Å². The summed E-state index contributed by atoms with van der Waals surface area (Å²) in [7, 11) is 0. The van der Waals surface area contributed by atoms with Crippen LogP contribution in [0.15, 0.2) is 18.2 Å². The molecule has 0 unspecified atom stereocenters. The molecule has 0 bridgehead atoms. The second-order valence-electron chi connectivity index (χ2n) is 3.64. The molecule has 3 heteroatoms. The van der Waals surface area contributed by atoms with E-state index in [9.17, 15) is 0 Å². The maximum atomic E-state index is 5.91. The average Bonchev–Trinajstić information content (AvgIpc) is 2.64. The normalized spacial score (nSPS) is 21.1. The Labute approximate surface area is 89.2 Å². The van der Waals surface area contributed by atoms with E-state index in [2.05, 4.69) is 5.32 Å². The molecule has 76 valence electrons. The molecule has 0 radical (unpaired) electrons. The van der Waals surface area contributed by atoms with Crippen LogP contribution < -0.4 is 10.1 Å². The predicted octanol–water partition coefficient (Wildman–Crippen LogP) is 2.39. The Bertz CT molecular complexity index is 321. The van der Waals surface area contributed by atoms with Crippen molar-refractivity contribution in [1.82, 2.24) is 5.32 Å². The van der Waals surface area contributed by atoms with Gasteiger partial charge in [0.05, 0.1) is 0 Å². The fourth-order valence-corrected chi connectivity index (χ4v) is 1.77. The van der Waals surface area contributed by atoms with Crippen LogP contribution in [0.5, 0.6) is 5.75 Å².